The van der Waals surface area contributed by atoms with Gasteiger partial charge in [0, 0.05) is 24.7 Å². The maximum absolute atomic E-state index is 12.3. The van der Waals surface area contributed by atoms with E-state index < -0.39 is 0 Å². The van der Waals surface area contributed by atoms with Crippen LogP contribution in [0, 0.1) is 5.92 Å². The molecule has 0 aromatic carbocycles. The van der Waals surface area contributed by atoms with E-state index in [-0.39, 0.29) is 5.91 Å². The minimum Gasteiger partial charge on any atom is -0.360 e. The molecule has 6 heteroatoms. The second kappa shape index (κ2) is 5.71. The van der Waals surface area contributed by atoms with E-state index in [1.54, 1.807) is 0 Å². The number of aromatic nitrogens is 3. The van der Waals surface area contributed by atoms with Gasteiger partial charge in [0.15, 0.2) is 5.69 Å². The molecule has 0 saturated carbocycles. The number of nitrogens with zero attached hydrogens (tertiary/aromatic N) is 3. The van der Waals surface area contributed by atoms with E-state index in [9.17, 15) is 4.79 Å². The van der Waals surface area contributed by atoms with Crippen LogP contribution in [0.3, 0.4) is 0 Å². The minimum absolute atomic E-state index is 0.180. The second-order valence-corrected chi connectivity index (χ2v) is 5.63. The molecule has 6 nitrogen and oxygen atoms in total. The quantitative estimate of drug-likeness (QED) is 0.933. The van der Waals surface area contributed by atoms with Gasteiger partial charge in [-0.25, -0.2) is 0 Å². The van der Waals surface area contributed by atoms with Crippen LogP contribution in [0.15, 0.2) is 16.8 Å². The van der Waals surface area contributed by atoms with Gasteiger partial charge in [-0.05, 0) is 31.7 Å². The molecule has 1 aliphatic carbocycles. The lowest BCUT2D eigenvalue weighted by Gasteiger charge is -2.16. The lowest BCUT2D eigenvalue weighted by molar-refractivity contribution is 0.0940. The van der Waals surface area contributed by atoms with Crippen molar-refractivity contribution in [2.24, 2.45) is 5.92 Å². The SMILES string of the molecule is CCn1ccc(CNC(=O)c2noc3c2C[C@@H](C)CC3)n1. The molecule has 2 heterocycles. The van der Waals surface area contributed by atoms with E-state index in [4.69, 9.17) is 4.52 Å². The molecular formula is C15H20N4O2. The molecule has 112 valence electrons. The largest absolute Gasteiger partial charge is 0.360 e. The van der Waals surface area contributed by atoms with Crippen molar-refractivity contribution >= 4 is 5.91 Å². The summed E-state index contributed by atoms with van der Waals surface area (Å²) in [5, 5.41) is 11.2. The second-order valence-electron chi connectivity index (χ2n) is 5.63. The Morgan fingerprint density at radius 1 is 1.57 bits per heavy atom. The van der Waals surface area contributed by atoms with E-state index in [0.29, 0.717) is 18.2 Å². The van der Waals surface area contributed by atoms with Gasteiger partial charge in [-0.2, -0.15) is 5.10 Å². The van der Waals surface area contributed by atoms with Crippen LogP contribution in [0.4, 0.5) is 0 Å². The number of hydrogen-bond acceptors (Lipinski definition) is 4. The summed E-state index contributed by atoms with van der Waals surface area (Å²) in [6.07, 6.45) is 4.74. The predicted molar refractivity (Wildman–Crippen MR) is 76.8 cm³/mol. The average molecular weight is 288 g/mol. The van der Waals surface area contributed by atoms with Gasteiger partial charge in [-0.1, -0.05) is 12.1 Å². The van der Waals surface area contributed by atoms with Gasteiger partial charge in [0.05, 0.1) is 12.2 Å². The van der Waals surface area contributed by atoms with Crippen LogP contribution < -0.4 is 5.32 Å². The Labute approximate surface area is 123 Å². The highest BCUT2D eigenvalue weighted by atomic mass is 16.5. The summed E-state index contributed by atoms with van der Waals surface area (Å²) in [5.41, 5.74) is 2.26. The number of hydrogen-bond donors (Lipinski definition) is 1. The highest BCUT2D eigenvalue weighted by molar-refractivity contribution is 5.93. The van der Waals surface area contributed by atoms with Crippen molar-refractivity contribution in [1.29, 1.82) is 0 Å². The average Bonchev–Trinajstić information content (AvgIpc) is 3.10. The molecule has 21 heavy (non-hydrogen) atoms. The molecule has 1 aliphatic rings. The van der Waals surface area contributed by atoms with Gasteiger partial charge in [-0.15, -0.1) is 0 Å². The maximum atomic E-state index is 12.3. The number of amides is 1. The van der Waals surface area contributed by atoms with E-state index >= 15 is 0 Å². The Morgan fingerprint density at radius 3 is 3.19 bits per heavy atom. The van der Waals surface area contributed by atoms with Crippen molar-refractivity contribution in [3.63, 3.8) is 0 Å². The van der Waals surface area contributed by atoms with Gasteiger partial charge in [-0.3, -0.25) is 9.48 Å². The van der Waals surface area contributed by atoms with Gasteiger partial charge in [0.25, 0.3) is 5.91 Å². The first-order valence-corrected chi connectivity index (χ1v) is 7.45. The molecule has 1 N–H and O–H groups in total. The Hall–Kier alpha value is -2.11. The van der Waals surface area contributed by atoms with E-state index in [2.05, 4.69) is 22.5 Å². The standard InChI is InChI=1S/C15H20N4O2/c1-3-19-7-6-11(17-19)9-16-15(20)14-12-8-10(2)4-5-13(12)21-18-14/h6-7,10H,3-5,8-9H2,1-2H3,(H,16,20)/t10-/m0/s1. The zero-order valence-electron chi connectivity index (χ0n) is 12.4. The van der Waals surface area contributed by atoms with Crippen molar-refractivity contribution in [2.45, 2.75) is 46.2 Å². The lowest BCUT2D eigenvalue weighted by Crippen LogP contribution is -2.25. The van der Waals surface area contributed by atoms with Crippen LogP contribution >= 0.6 is 0 Å². The van der Waals surface area contributed by atoms with E-state index in [0.717, 1.165) is 42.8 Å². The summed E-state index contributed by atoms with van der Waals surface area (Å²) in [5.74, 6) is 1.26. The molecule has 1 amide bonds. The van der Waals surface area contributed by atoms with E-state index in [1.807, 2.05) is 23.9 Å². The van der Waals surface area contributed by atoms with Crippen LogP contribution in [-0.2, 0) is 25.9 Å². The molecule has 0 spiro atoms. The molecule has 3 rings (SSSR count). The van der Waals surface area contributed by atoms with E-state index in [1.165, 1.54) is 0 Å². The summed E-state index contributed by atoms with van der Waals surface area (Å²) >= 11 is 0. The Balaban J connectivity index is 1.67. The van der Waals surface area contributed by atoms with Crippen molar-refractivity contribution in [3.05, 3.63) is 35.0 Å². The number of fused-ring (bicyclic) bond motifs is 1. The fraction of sp³-hybridized carbons (Fsp3) is 0.533. The number of carbonyl (C=O) groups excluding carboxylic acids is 1. The topological polar surface area (TPSA) is 73.0 Å². The molecule has 0 fully saturated rings. The number of nitrogens with one attached hydrogen (secondary N) is 1. The molecule has 0 bridgehead atoms. The monoisotopic (exact) mass is 288 g/mol. The molecule has 1 atom stereocenters. The zero-order chi connectivity index (χ0) is 14.8. The molecule has 0 aliphatic heterocycles. The summed E-state index contributed by atoms with van der Waals surface area (Å²) < 4.78 is 7.13. The van der Waals surface area contributed by atoms with Gasteiger partial charge >= 0.3 is 0 Å². The summed E-state index contributed by atoms with van der Waals surface area (Å²) in [6, 6.07) is 1.91. The summed E-state index contributed by atoms with van der Waals surface area (Å²) in [7, 11) is 0. The smallest absolute Gasteiger partial charge is 0.274 e. The Kier molecular flexibility index (Phi) is 3.77. The third-order valence-corrected chi connectivity index (χ3v) is 3.95. The maximum Gasteiger partial charge on any atom is 0.274 e. The number of aryl methyl sites for hydroxylation is 2. The van der Waals surface area contributed by atoms with Crippen LogP contribution in [0.2, 0.25) is 0 Å². The Morgan fingerprint density at radius 2 is 2.43 bits per heavy atom. The van der Waals surface area contributed by atoms with Crippen LogP contribution in [0.5, 0.6) is 0 Å². The van der Waals surface area contributed by atoms with Gasteiger partial charge < -0.3 is 9.84 Å². The lowest BCUT2D eigenvalue weighted by atomic mass is 9.88. The van der Waals surface area contributed by atoms with Crippen molar-refractivity contribution in [2.75, 3.05) is 0 Å². The first-order chi connectivity index (χ1) is 10.2. The highest BCUT2D eigenvalue weighted by Gasteiger charge is 2.26. The number of carbonyl (C=O) groups is 1. The summed E-state index contributed by atoms with van der Waals surface area (Å²) in [6.45, 7) is 5.44. The molecular weight excluding hydrogens is 268 g/mol. The third-order valence-electron chi connectivity index (χ3n) is 3.95. The van der Waals surface area contributed by atoms with Gasteiger partial charge in [0.1, 0.15) is 5.76 Å². The molecule has 0 radical (unpaired) electrons. The fourth-order valence-electron chi connectivity index (χ4n) is 2.69. The van der Waals surface area contributed by atoms with Gasteiger partial charge in [0.2, 0.25) is 0 Å². The predicted octanol–water partition coefficient (Wildman–Crippen LogP) is 1.95. The first kappa shape index (κ1) is 13.9. The van der Waals surface area contributed by atoms with Crippen LogP contribution in [0.1, 0.15) is 47.8 Å². The molecule has 0 saturated heterocycles. The first-order valence-electron chi connectivity index (χ1n) is 7.45. The normalized spacial score (nSPS) is 17.5. The van der Waals surface area contributed by atoms with Crippen molar-refractivity contribution in [3.8, 4) is 0 Å². The summed E-state index contributed by atoms with van der Waals surface area (Å²) in [4.78, 5) is 12.3. The Bertz CT molecular complexity index is 644. The molecule has 0 unspecified atom stereocenters. The van der Waals surface area contributed by atoms with Crippen molar-refractivity contribution < 1.29 is 9.32 Å². The molecule has 2 aromatic rings. The number of rotatable bonds is 4. The van der Waals surface area contributed by atoms with Crippen molar-refractivity contribution in [1.82, 2.24) is 20.3 Å². The minimum atomic E-state index is -0.180. The third kappa shape index (κ3) is 2.84. The zero-order valence-corrected chi connectivity index (χ0v) is 12.4. The van der Waals surface area contributed by atoms with Crippen LogP contribution in [-0.4, -0.2) is 20.8 Å². The van der Waals surface area contributed by atoms with Crippen LogP contribution in [0.25, 0.3) is 0 Å². The highest BCUT2D eigenvalue weighted by Crippen LogP contribution is 2.27. The fourth-order valence-corrected chi connectivity index (χ4v) is 2.69. The molecule has 2 aromatic heterocycles.